The van der Waals surface area contributed by atoms with E-state index in [1.807, 2.05) is 0 Å². The molecular weight excluding hydrogens is 182 g/mol. The van der Waals surface area contributed by atoms with Crippen molar-refractivity contribution in [2.45, 2.75) is 6.42 Å². The van der Waals surface area contributed by atoms with Crippen molar-refractivity contribution in [3.8, 4) is 0 Å². The average molecular weight is 193 g/mol. The molecule has 0 aliphatic rings. The fourth-order valence-electron chi connectivity index (χ4n) is 1.14. The lowest BCUT2D eigenvalue weighted by atomic mass is 10.0. The number of ether oxygens (including phenoxy) is 1. The van der Waals surface area contributed by atoms with Gasteiger partial charge in [0.25, 0.3) is 0 Å². The SMILES string of the molecule is COC(=O)Cc1ccccc1C(N)=O. The lowest BCUT2D eigenvalue weighted by molar-refractivity contribution is -0.139. The number of carbonyl (C=O) groups excluding carboxylic acids is 2. The summed E-state index contributed by atoms with van der Waals surface area (Å²) in [5.74, 6) is -0.928. The first-order valence-corrected chi connectivity index (χ1v) is 4.09. The number of hydrogen-bond donors (Lipinski definition) is 1. The van der Waals surface area contributed by atoms with Gasteiger partial charge in [-0.1, -0.05) is 18.2 Å². The second-order valence-corrected chi connectivity index (χ2v) is 2.77. The van der Waals surface area contributed by atoms with Gasteiger partial charge >= 0.3 is 5.97 Å². The van der Waals surface area contributed by atoms with Crippen molar-refractivity contribution in [1.82, 2.24) is 0 Å². The first kappa shape index (κ1) is 10.2. The van der Waals surface area contributed by atoms with Gasteiger partial charge in [0.2, 0.25) is 5.91 Å². The fraction of sp³-hybridized carbons (Fsp3) is 0.200. The Labute approximate surface area is 81.7 Å². The van der Waals surface area contributed by atoms with Crippen molar-refractivity contribution in [2.75, 3.05) is 7.11 Å². The molecule has 0 heterocycles. The zero-order chi connectivity index (χ0) is 10.6. The summed E-state index contributed by atoms with van der Waals surface area (Å²) >= 11 is 0. The highest BCUT2D eigenvalue weighted by Crippen LogP contribution is 2.09. The second kappa shape index (κ2) is 4.41. The predicted octanol–water partition coefficient (Wildman–Crippen LogP) is 0.501. The van der Waals surface area contributed by atoms with Crippen molar-refractivity contribution in [2.24, 2.45) is 5.73 Å². The van der Waals surface area contributed by atoms with Gasteiger partial charge in [0, 0.05) is 5.56 Å². The summed E-state index contributed by atoms with van der Waals surface area (Å²) in [5.41, 5.74) is 6.09. The molecule has 4 heteroatoms. The van der Waals surface area contributed by atoms with Crippen LogP contribution in [-0.2, 0) is 16.0 Å². The zero-order valence-electron chi connectivity index (χ0n) is 7.82. The van der Waals surface area contributed by atoms with Crippen LogP contribution in [0, 0.1) is 0 Å². The van der Waals surface area contributed by atoms with Gasteiger partial charge in [-0.15, -0.1) is 0 Å². The lowest BCUT2D eigenvalue weighted by Crippen LogP contribution is -2.15. The number of methoxy groups -OCH3 is 1. The standard InChI is InChI=1S/C10H11NO3/c1-14-9(12)6-7-4-2-3-5-8(7)10(11)13/h2-5H,6H2,1H3,(H2,11,13). The zero-order valence-corrected chi connectivity index (χ0v) is 7.82. The van der Waals surface area contributed by atoms with E-state index < -0.39 is 11.9 Å². The first-order chi connectivity index (χ1) is 6.65. The van der Waals surface area contributed by atoms with Crippen LogP contribution in [-0.4, -0.2) is 19.0 Å². The van der Waals surface area contributed by atoms with Gasteiger partial charge < -0.3 is 10.5 Å². The van der Waals surface area contributed by atoms with Crippen molar-refractivity contribution < 1.29 is 14.3 Å². The molecule has 2 N–H and O–H groups in total. The molecule has 1 rings (SSSR count). The van der Waals surface area contributed by atoms with Crippen molar-refractivity contribution in [3.05, 3.63) is 35.4 Å². The maximum absolute atomic E-state index is 11.0. The number of esters is 1. The van der Waals surface area contributed by atoms with E-state index in [4.69, 9.17) is 5.73 Å². The molecule has 0 aliphatic heterocycles. The number of amides is 1. The minimum atomic E-state index is -0.537. The predicted molar refractivity (Wildman–Crippen MR) is 50.7 cm³/mol. The number of rotatable bonds is 3. The molecular formula is C10H11NO3. The van der Waals surface area contributed by atoms with Crippen LogP contribution < -0.4 is 5.73 Å². The quantitative estimate of drug-likeness (QED) is 0.710. The monoisotopic (exact) mass is 193 g/mol. The van der Waals surface area contributed by atoms with Gasteiger partial charge in [0.05, 0.1) is 13.5 Å². The Kier molecular flexibility index (Phi) is 3.23. The van der Waals surface area contributed by atoms with E-state index in [2.05, 4.69) is 4.74 Å². The van der Waals surface area contributed by atoms with Gasteiger partial charge in [-0.05, 0) is 11.6 Å². The van der Waals surface area contributed by atoms with Crippen LogP contribution in [0.25, 0.3) is 0 Å². The lowest BCUT2D eigenvalue weighted by Gasteiger charge is -2.04. The van der Waals surface area contributed by atoms with Gasteiger partial charge in [-0.25, -0.2) is 0 Å². The summed E-state index contributed by atoms with van der Waals surface area (Å²) in [4.78, 5) is 21.9. The molecule has 1 aromatic rings. The largest absolute Gasteiger partial charge is 0.469 e. The second-order valence-electron chi connectivity index (χ2n) is 2.77. The van der Waals surface area contributed by atoms with Crippen LogP contribution in [0.5, 0.6) is 0 Å². The Morgan fingerprint density at radius 2 is 2.00 bits per heavy atom. The van der Waals surface area contributed by atoms with Crippen LogP contribution in [0.15, 0.2) is 24.3 Å². The third-order valence-electron chi connectivity index (χ3n) is 1.85. The van der Waals surface area contributed by atoms with E-state index in [1.165, 1.54) is 7.11 Å². The average Bonchev–Trinajstić information content (AvgIpc) is 2.18. The van der Waals surface area contributed by atoms with E-state index in [9.17, 15) is 9.59 Å². The van der Waals surface area contributed by atoms with Crippen molar-refractivity contribution in [1.29, 1.82) is 0 Å². The Hall–Kier alpha value is -1.84. The van der Waals surface area contributed by atoms with Crippen LogP contribution in [0.2, 0.25) is 0 Å². The Balaban J connectivity index is 2.95. The minimum Gasteiger partial charge on any atom is -0.469 e. The molecule has 0 radical (unpaired) electrons. The number of benzene rings is 1. The summed E-state index contributed by atoms with van der Waals surface area (Å²) in [7, 11) is 1.30. The fourth-order valence-corrected chi connectivity index (χ4v) is 1.14. The molecule has 0 aromatic heterocycles. The number of carbonyl (C=O) groups is 2. The maximum atomic E-state index is 11.0. The van der Waals surface area contributed by atoms with Crippen LogP contribution in [0.4, 0.5) is 0 Å². The molecule has 0 spiro atoms. The van der Waals surface area contributed by atoms with E-state index in [0.29, 0.717) is 11.1 Å². The molecule has 14 heavy (non-hydrogen) atoms. The molecule has 0 unspecified atom stereocenters. The van der Waals surface area contributed by atoms with Gasteiger partial charge in [-0.3, -0.25) is 9.59 Å². The highest BCUT2D eigenvalue weighted by Gasteiger charge is 2.10. The molecule has 0 aliphatic carbocycles. The summed E-state index contributed by atoms with van der Waals surface area (Å²) < 4.78 is 4.50. The van der Waals surface area contributed by atoms with E-state index >= 15 is 0 Å². The van der Waals surface area contributed by atoms with E-state index in [1.54, 1.807) is 24.3 Å². The van der Waals surface area contributed by atoms with E-state index in [-0.39, 0.29) is 6.42 Å². The normalized spacial score (nSPS) is 9.50. The summed E-state index contributed by atoms with van der Waals surface area (Å²) in [5, 5.41) is 0. The van der Waals surface area contributed by atoms with Crippen molar-refractivity contribution in [3.63, 3.8) is 0 Å². The summed E-state index contributed by atoms with van der Waals surface area (Å²) in [6, 6.07) is 6.70. The van der Waals surface area contributed by atoms with Crippen molar-refractivity contribution >= 4 is 11.9 Å². The maximum Gasteiger partial charge on any atom is 0.310 e. The molecule has 74 valence electrons. The van der Waals surface area contributed by atoms with Crippen LogP contribution in [0.3, 0.4) is 0 Å². The molecule has 0 bridgehead atoms. The molecule has 0 fully saturated rings. The molecule has 0 atom stereocenters. The smallest absolute Gasteiger partial charge is 0.310 e. The molecule has 1 amide bonds. The van der Waals surface area contributed by atoms with Gasteiger partial charge in [-0.2, -0.15) is 0 Å². The third kappa shape index (κ3) is 2.32. The number of primary amides is 1. The topological polar surface area (TPSA) is 69.4 Å². The highest BCUT2D eigenvalue weighted by atomic mass is 16.5. The van der Waals surface area contributed by atoms with Gasteiger partial charge in [0.1, 0.15) is 0 Å². The minimum absolute atomic E-state index is 0.0651. The summed E-state index contributed by atoms with van der Waals surface area (Å²) in [6.07, 6.45) is 0.0651. The first-order valence-electron chi connectivity index (χ1n) is 4.09. The molecule has 0 saturated carbocycles. The Morgan fingerprint density at radius 1 is 1.36 bits per heavy atom. The molecule has 1 aromatic carbocycles. The Bertz CT molecular complexity index is 360. The molecule has 0 saturated heterocycles. The number of hydrogen-bond acceptors (Lipinski definition) is 3. The Morgan fingerprint density at radius 3 is 2.57 bits per heavy atom. The third-order valence-corrected chi connectivity index (χ3v) is 1.85. The molecule has 4 nitrogen and oxygen atoms in total. The van der Waals surface area contributed by atoms with Crippen LogP contribution >= 0.6 is 0 Å². The van der Waals surface area contributed by atoms with Crippen LogP contribution in [0.1, 0.15) is 15.9 Å². The number of nitrogens with two attached hydrogens (primary N) is 1. The summed E-state index contributed by atoms with van der Waals surface area (Å²) in [6.45, 7) is 0. The highest BCUT2D eigenvalue weighted by molar-refractivity contribution is 5.95. The van der Waals surface area contributed by atoms with E-state index in [0.717, 1.165) is 0 Å². The van der Waals surface area contributed by atoms with Gasteiger partial charge in [0.15, 0.2) is 0 Å².